The topological polar surface area (TPSA) is 104 Å². The molecule has 0 atom stereocenters. The first-order chi connectivity index (χ1) is 17.4. The number of aromatic nitrogens is 8. The van der Waals surface area contributed by atoms with Gasteiger partial charge >= 0.3 is 19.5 Å². The summed E-state index contributed by atoms with van der Waals surface area (Å²) in [5.41, 5.74) is 4.41. The van der Waals surface area contributed by atoms with Crippen LogP contribution in [0.3, 0.4) is 0 Å². The number of pyridine rings is 5. The number of rotatable bonds is 3. The molecule has 1 radical (unpaired) electrons. The van der Waals surface area contributed by atoms with Gasteiger partial charge in [0.05, 0.1) is 28.5 Å². The third kappa shape index (κ3) is 8.07. The molecule has 0 bridgehead atoms. The van der Waals surface area contributed by atoms with E-state index in [0.717, 1.165) is 28.5 Å². The molecule has 6 rings (SSSR count). The van der Waals surface area contributed by atoms with Crippen molar-refractivity contribution >= 4 is 0 Å². The molecule has 0 aliphatic rings. The monoisotopic (exact) mass is 559 g/mol. The first-order valence-electron chi connectivity index (χ1n) is 10.8. The van der Waals surface area contributed by atoms with E-state index in [2.05, 4.69) is 40.1 Å². The summed E-state index contributed by atoms with van der Waals surface area (Å²) < 4.78 is 0. The van der Waals surface area contributed by atoms with E-state index >= 15 is 0 Å². The molecule has 0 aliphatic carbocycles. The van der Waals surface area contributed by atoms with Gasteiger partial charge in [-0.25, -0.2) is 0 Å². The van der Waals surface area contributed by atoms with Crippen molar-refractivity contribution in [3.05, 3.63) is 128 Å². The number of nitrogens with zero attached hydrogens (tertiary/aromatic N) is 8. The molecule has 0 N–H and O–H groups in total. The Kier molecular flexibility index (Phi) is 10.7. The van der Waals surface area contributed by atoms with Gasteiger partial charge in [0.25, 0.3) is 0 Å². The summed E-state index contributed by atoms with van der Waals surface area (Å²) in [5.74, 6) is 0.575. The molecule has 177 valence electrons. The van der Waals surface area contributed by atoms with E-state index < -0.39 is 0 Å². The predicted molar refractivity (Wildman–Crippen MR) is 134 cm³/mol. The molecule has 0 saturated carbocycles. The normalized spacial score (nSPS) is 9.44. The van der Waals surface area contributed by atoms with Crippen molar-refractivity contribution in [2.45, 2.75) is 0 Å². The summed E-state index contributed by atoms with van der Waals surface area (Å²) in [7, 11) is 0. The van der Waals surface area contributed by atoms with Crippen LogP contribution in [-0.4, -0.2) is 35.0 Å². The van der Waals surface area contributed by atoms with Crippen LogP contribution in [0.1, 0.15) is 0 Å². The molecule has 9 heteroatoms. The van der Waals surface area contributed by atoms with Crippen LogP contribution in [0.2, 0.25) is 0 Å². The maximum atomic E-state index is 4.19. The van der Waals surface area contributed by atoms with Crippen LogP contribution < -0.4 is 5.10 Å². The molecule has 0 fully saturated rings. The van der Waals surface area contributed by atoms with Crippen LogP contribution in [0.5, 0.6) is 0 Å². The maximum absolute atomic E-state index is 4.19. The quantitative estimate of drug-likeness (QED) is 0.286. The minimum Gasteiger partial charge on any atom is -0.424 e. The van der Waals surface area contributed by atoms with Gasteiger partial charge in [-0.2, -0.15) is 0 Å². The van der Waals surface area contributed by atoms with E-state index in [0.29, 0.717) is 5.82 Å². The van der Waals surface area contributed by atoms with Gasteiger partial charge in [-0.3, -0.25) is 30.0 Å². The molecule has 0 unspecified atom stereocenters. The molecular formula is C27H21N8Ru. The van der Waals surface area contributed by atoms with E-state index in [4.69, 9.17) is 0 Å². The van der Waals surface area contributed by atoms with Crippen LogP contribution in [0.4, 0.5) is 0 Å². The van der Waals surface area contributed by atoms with E-state index in [1.165, 1.54) is 6.33 Å². The zero-order valence-corrected chi connectivity index (χ0v) is 20.8. The molecule has 0 aromatic carbocycles. The standard InChI is InChI=1S/2C10H8N2.C7H5N4.Ru/c2*1-3-7-11-9(5-1)10-6-2-4-8-12-10;1-2-4-8-6(3-1)7-9-5-10-11-7;/h2*1-8H;1-5H;/q;;-1;+1. The van der Waals surface area contributed by atoms with Gasteiger partial charge in [0.15, 0.2) is 0 Å². The molecule has 6 aromatic rings. The summed E-state index contributed by atoms with van der Waals surface area (Å²) in [5, 5.41) is 7.36. The molecule has 6 heterocycles. The van der Waals surface area contributed by atoms with E-state index in [1.807, 2.05) is 91.0 Å². The first-order valence-corrected chi connectivity index (χ1v) is 10.8. The van der Waals surface area contributed by atoms with Crippen molar-refractivity contribution in [2.75, 3.05) is 0 Å². The molecule has 0 saturated heterocycles. The first kappa shape index (κ1) is 26.1. The second-order valence-corrected chi connectivity index (χ2v) is 6.86. The molecule has 8 nitrogen and oxygen atoms in total. The average molecular weight is 559 g/mol. The van der Waals surface area contributed by atoms with E-state index in [9.17, 15) is 0 Å². The van der Waals surface area contributed by atoms with Crippen molar-refractivity contribution in [3.8, 4) is 34.3 Å². The van der Waals surface area contributed by atoms with E-state index in [-0.39, 0.29) is 19.5 Å². The van der Waals surface area contributed by atoms with Crippen LogP contribution in [0.15, 0.2) is 128 Å². The van der Waals surface area contributed by atoms with E-state index in [1.54, 1.807) is 31.0 Å². The molecule has 36 heavy (non-hydrogen) atoms. The average Bonchev–Trinajstić information content (AvgIpc) is 3.52. The smallest absolute Gasteiger partial charge is 0.424 e. The summed E-state index contributed by atoms with van der Waals surface area (Å²) in [6, 6.07) is 28.8. The molecular weight excluding hydrogens is 537 g/mol. The van der Waals surface area contributed by atoms with Crippen molar-refractivity contribution in [1.82, 2.24) is 40.1 Å². The van der Waals surface area contributed by atoms with Crippen molar-refractivity contribution in [2.24, 2.45) is 0 Å². The van der Waals surface area contributed by atoms with Gasteiger partial charge in [-0.1, -0.05) is 30.3 Å². The zero-order valence-electron chi connectivity index (χ0n) is 19.1. The SMILES string of the molecule is [Ru+].c1ccc(-c2ccccn2)nc1.c1ccc(-c2ccccn2)nc1.c1ccc(-c2ncn[n-]2)nc1. The number of hydrogen-bond donors (Lipinski definition) is 0. The zero-order chi connectivity index (χ0) is 24.0. The van der Waals surface area contributed by atoms with Gasteiger partial charge in [0.1, 0.15) is 0 Å². The maximum Gasteiger partial charge on any atom is 1.00 e. The van der Waals surface area contributed by atoms with Gasteiger partial charge in [-0.05, 0) is 66.5 Å². The Morgan fingerprint density at radius 3 is 0.972 bits per heavy atom. The molecule has 0 aliphatic heterocycles. The Bertz CT molecular complexity index is 1200. The van der Waals surface area contributed by atoms with Crippen molar-refractivity contribution in [1.29, 1.82) is 0 Å². The van der Waals surface area contributed by atoms with Gasteiger partial charge in [0.2, 0.25) is 0 Å². The summed E-state index contributed by atoms with van der Waals surface area (Å²) in [6.45, 7) is 0. The predicted octanol–water partition coefficient (Wildman–Crippen LogP) is 4.78. The Balaban J connectivity index is 0.000000149. The fraction of sp³-hybridized carbons (Fsp3) is 0. The largest absolute Gasteiger partial charge is 1.00 e. The van der Waals surface area contributed by atoms with Crippen molar-refractivity contribution in [3.63, 3.8) is 0 Å². The Morgan fingerprint density at radius 2 is 0.722 bits per heavy atom. The summed E-state index contributed by atoms with van der Waals surface area (Å²) in [6.07, 6.45) is 10.2. The Labute approximate surface area is 221 Å². The number of hydrogen-bond acceptors (Lipinski definition) is 7. The van der Waals surface area contributed by atoms with Crippen LogP contribution >= 0.6 is 0 Å². The summed E-state index contributed by atoms with van der Waals surface area (Å²) >= 11 is 0. The van der Waals surface area contributed by atoms with Gasteiger partial charge in [-0.15, -0.1) is 0 Å². The van der Waals surface area contributed by atoms with Crippen LogP contribution in [-0.2, 0) is 19.5 Å². The second kappa shape index (κ2) is 14.7. The molecule has 0 amide bonds. The fourth-order valence-electron chi connectivity index (χ4n) is 2.86. The fourth-order valence-corrected chi connectivity index (χ4v) is 2.86. The minimum absolute atomic E-state index is 0. The second-order valence-electron chi connectivity index (χ2n) is 6.86. The third-order valence-electron chi connectivity index (χ3n) is 4.46. The van der Waals surface area contributed by atoms with Crippen molar-refractivity contribution < 1.29 is 19.5 Å². The van der Waals surface area contributed by atoms with Crippen LogP contribution in [0, 0.1) is 0 Å². The Morgan fingerprint density at radius 1 is 0.389 bits per heavy atom. The van der Waals surface area contributed by atoms with Gasteiger partial charge < -0.3 is 10.1 Å². The molecule has 6 aromatic heterocycles. The van der Waals surface area contributed by atoms with Crippen LogP contribution in [0.25, 0.3) is 34.3 Å². The third-order valence-corrected chi connectivity index (χ3v) is 4.46. The molecule has 0 spiro atoms. The summed E-state index contributed by atoms with van der Waals surface area (Å²) in [4.78, 5) is 24.7. The Hall–Kier alpha value is -4.49. The minimum atomic E-state index is 0. The van der Waals surface area contributed by atoms with Gasteiger partial charge in [0, 0.05) is 37.3 Å².